The summed E-state index contributed by atoms with van der Waals surface area (Å²) < 4.78 is 32.4. The van der Waals surface area contributed by atoms with Gasteiger partial charge >= 0.3 is 23.9 Å². The van der Waals surface area contributed by atoms with Gasteiger partial charge in [-0.1, -0.05) is 12.1 Å². The summed E-state index contributed by atoms with van der Waals surface area (Å²) >= 11 is 0. The van der Waals surface area contributed by atoms with E-state index < -0.39 is 72.5 Å². The number of carbonyl (C=O) groups is 5. The van der Waals surface area contributed by atoms with Gasteiger partial charge in [0.05, 0.1) is 5.69 Å². The molecule has 1 heterocycles. The van der Waals surface area contributed by atoms with Crippen LogP contribution in [0.5, 0.6) is 5.75 Å². The number of hydrogen-bond acceptors (Lipinski definition) is 12. The molecule has 0 radical (unpaired) electrons. The Morgan fingerprint density at radius 3 is 1.92 bits per heavy atom. The first-order valence-electron chi connectivity index (χ1n) is 10.8. The predicted octanol–water partition coefficient (Wildman–Crippen LogP) is 0.467. The Labute approximate surface area is 205 Å². The van der Waals surface area contributed by atoms with E-state index in [2.05, 4.69) is 5.32 Å². The Kier molecular flexibility index (Phi) is 9.91. The van der Waals surface area contributed by atoms with Crippen molar-refractivity contribution < 1.29 is 52.4 Å². The first kappa shape index (κ1) is 28.2. The molecular weight excluding hydrogens is 482 g/mol. The highest BCUT2D eigenvalue weighted by atomic mass is 16.7. The van der Waals surface area contributed by atoms with E-state index in [0.29, 0.717) is 0 Å². The summed E-state index contributed by atoms with van der Waals surface area (Å²) in [7, 11) is 0. The van der Waals surface area contributed by atoms with Crippen LogP contribution < -0.4 is 15.5 Å². The van der Waals surface area contributed by atoms with Crippen LogP contribution in [0, 0.1) is 0 Å². The lowest BCUT2D eigenvalue weighted by molar-refractivity contribution is -0.288. The molecule has 0 aliphatic carbocycles. The number of rotatable bonds is 8. The third kappa shape index (κ3) is 8.05. The lowest BCUT2D eigenvalue weighted by Crippen LogP contribution is -2.63. The van der Waals surface area contributed by atoms with Crippen LogP contribution in [-0.4, -0.2) is 67.1 Å². The molecule has 1 N–H and O–H groups in total. The fraction of sp³-hybridized carbons (Fsp3) is 0.478. The van der Waals surface area contributed by atoms with E-state index in [9.17, 15) is 28.8 Å². The highest BCUT2D eigenvalue weighted by Crippen LogP contribution is 2.30. The molecule has 0 unspecified atom stereocenters. The van der Waals surface area contributed by atoms with Crippen molar-refractivity contribution in [2.24, 2.45) is 0 Å². The average Bonchev–Trinajstić information content (AvgIpc) is 2.91. The first-order chi connectivity index (χ1) is 16.9. The van der Waals surface area contributed by atoms with Gasteiger partial charge in [0, 0.05) is 34.6 Å². The van der Waals surface area contributed by atoms with E-state index in [0.717, 1.165) is 27.7 Å². The molecule has 13 heteroatoms. The highest BCUT2D eigenvalue weighted by molar-refractivity contribution is 5.88. The monoisotopic (exact) mass is 509 g/mol. The number of esters is 4. The molecule has 5 atom stereocenters. The Bertz CT molecular complexity index is 1070. The standard InChI is InChI=1S/C23H27NO12/c1-11(25)24-16-8-6-7-9-17(19(16)30)35-23-22(34-15(5)29)21(33-14(4)28)20(32-13(3)27)18(36-23)10-31-12(2)26/h6-9,18,20-23H,10H2,1-5H3,(H,24,25,30)/t18-,20-,21+,22-,23-/m1/s1. The molecule has 1 aliphatic rings. The number of nitrogens with one attached hydrogen (secondary N) is 1. The molecule has 1 amide bonds. The molecule has 2 rings (SSSR count). The van der Waals surface area contributed by atoms with Gasteiger partial charge in [0.2, 0.25) is 23.7 Å². The Hall–Kier alpha value is -4.00. The number of hydrogen-bond donors (Lipinski definition) is 1. The minimum Gasteiger partial charge on any atom is -0.463 e. The zero-order valence-corrected chi connectivity index (χ0v) is 20.3. The molecule has 1 aliphatic heterocycles. The normalized spacial score (nSPS) is 23.0. The van der Waals surface area contributed by atoms with E-state index in [-0.39, 0.29) is 11.4 Å². The highest BCUT2D eigenvalue weighted by Gasteiger charge is 2.53. The minimum absolute atomic E-state index is 0.104. The van der Waals surface area contributed by atoms with Crippen LogP contribution in [0.1, 0.15) is 34.6 Å². The van der Waals surface area contributed by atoms with Gasteiger partial charge in [0.15, 0.2) is 18.0 Å². The molecular formula is C23H27NO12. The van der Waals surface area contributed by atoms with Crippen LogP contribution in [0.3, 0.4) is 0 Å². The molecule has 13 nitrogen and oxygen atoms in total. The van der Waals surface area contributed by atoms with Crippen LogP contribution in [0.25, 0.3) is 0 Å². The number of amides is 1. The van der Waals surface area contributed by atoms with Crippen molar-refractivity contribution in [3.63, 3.8) is 0 Å². The summed E-state index contributed by atoms with van der Waals surface area (Å²) in [5, 5.41) is 2.38. The van der Waals surface area contributed by atoms with Crippen LogP contribution >= 0.6 is 0 Å². The molecule has 0 saturated carbocycles. The summed E-state index contributed by atoms with van der Waals surface area (Å²) in [5.41, 5.74) is -0.837. The maximum absolute atomic E-state index is 12.9. The van der Waals surface area contributed by atoms with Gasteiger partial charge in [0.1, 0.15) is 12.7 Å². The van der Waals surface area contributed by atoms with E-state index in [4.69, 9.17) is 28.4 Å². The second-order valence-electron chi connectivity index (χ2n) is 7.69. The molecule has 196 valence electrons. The molecule has 36 heavy (non-hydrogen) atoms. The van der Waals surface area contributed by atoms with Crippen molar-refractivity contribution in [1.82, 2.24) is 0 Å². The van der Waals surface area contributed by atoms with Crippen molar-refractivity contribution in [3.8, 4) is 5.75 Å². The third-order valence-corrected chi connectivity index (χ3v) is 4.59. The van der Waals surface area contributed by atoms with Gasteiger partial charge in [-0.05, 0) is 12.1 Å². The lowest BCUT2D eigenvalue weighted by Gasteiger charge is -2.43. The van der Waals surface area contributed by atoms with Crippen molar-refractivity contribution in [2.45, 2.75) is 65.3 Å². The van der Waals surface area contributed by atoms with Crippen LogP contribution in [0.4, 0.5) is 5.69 Å². The molecule has 1 aromatic carbocycles. The number of anilines is 1. The van der Waals surface area contributed by atoms with Gasteiger partial charge < -0.3 is 33.7 Å². The van der Waals surface area contributed by atoms with E-state index in [1.807, 2.05) is 0 Å². The molecule has 0 spiro atoms. The predicted molar refractivity (Wildman–Crippen MR) is 120 cm³/mol. The van der Waals surface area contributed by atoms with Crippen molar-refractivity contribution in [2.75, 3.05) is 11.9 Å². The summed E-state index contributed by atoms with van der Waals surface area (Å²) in [6.07, 6.45) is -7.19. The van der Waals surface area contributed by atoms with Gasteiger partial charge in [0.25, 0.3) is 0 Å². The number of ether oxygens (including phenoxy) is 6. The Morgan fingerprint density at radius 2 is 1.36 bits per heavy atom. The molecule has 1 aromatic rings. The van der Waals surface area contributed by atoms with Crippen molar-refractivity contribution in [1.29, 1.82) is 0 Å². The molecule has 0 bridgehead atoms. The fourth-order valence-corrected chi connectivity index (χ4v) is 3.37. The Morgan fingerprint density at radius 1 is 0.806 bits per heavy atom. The maximum atomic E-state index is 12.9. The van der Waals surface area contributed by atoms with Gasteiger partial charge in [-0.3, -0.25) is 28.8 Å². The SMILES string of the molecule is CC(=O)Nc1ccccc(O[C@@H]2O[C@H](COC(C)=O)[C@@H](OC(C)=O)[C@H](OC(C)=O)[C@H]2OC(C)=O)c1=O. The summed E-state index contributed by atoms with van der Waals surface area (Å²) in [6.45, 7) is 5.14. The topological polar surface area (TPSA) is 170 Å². The second kappa shape index (κ2) is 12.6. The van der Waals surface area contributed by atoms with Crippen LogP contribution in [0.2, 0.25) is 0 Å². The quantitative estimate of drug-likeness (QED) is 0.380. The van der Waals surface area contributed by atoms with E-state index >= 15 is 0 Å². The average molecular weight is 509 g/mol. The first-order valence-corrected chi connectivity index (χ1v) is 10.8. The largest absolute Gasteiger partial charge is 0.463 e. The molecule has 1 saturated heterocycles. The summed E-state index contributed by atoms with van der Waals surface area (Å²) in [5.74, 6) is -3.92. The zero-order valence-electron chi connectivity index (χ0n) is 20.3. The third-order valence-electron chi connectivity index (χ3n) is 4.59. The summed E-state index contributed by atoms with van der Waals surface area (Å²) in [6, 6.07) is 5.56. The lowest BCUT2D eigenvalue weighted by atomic mass is 9.98. The minimum atomic E-state index is -1.59. The Balaban J connectivity index is 2.57. The van der Waals surface area contributed by atoms with Crippen molar-refractivity contribution >= 4 is 35.5 Å². The molecule has 0 aromatic heterocycles. The second-order valence-corrected chi connectivity index (χ2v) is 7.69. The number of carbonyl (C=O) groups excluding carboxylic acids is 5. The van der Waals surface area contributed by atoms with E-state index in [1.165, 1.54) is 31.2 Å². The zero-order chi connectivity index (χ0) is 27.0. The van der Waals surface area contributed by atoms with Gasteiger partial charge in [-0.15, -0.1) is 0 Å². The van der Waals surface area contributed by atoms with Gasteiger partial charge in [-0.25, -0.2) is 0 Å². The smallest absolute Gasteiger partial charge is 0.303 e. The summed E-state index contributed by atoms with van der Waals surface area (Å²) in [4.78, 5) is 71.4. The van der Waals surface area contributed by atoms with Gasteiger partial charge in [-0.2, -0.15) is 0 Å². The fourth-order valence-electron chi connectivity index (χ4n) is 3.37. The molecule has 1 fully saturated rings. The van der Waals surface area contributed by atoms with Crippen LogP contribution in [0.15, 0.2) is 29.1 Å². The van der Waals surface area contributed by atoms with Crippen LogP contribution in [-0.2, 0) is 47.7 Å². The van der Waals surface area contributed by atoms with Crippen molar-refractivity contribution in [3.05, 3.63) is 34.5 Å². The maximum Gasteiger partial charge on any atom is 0.303 e. The van der Waals surface area contributed by atoms with E-state index in [1.54, 1.807) is 0 Å².